The summed E-state index contributed by atoms with van der Waals surface area (Å²) in [5.41, 5.74) is 2.07. The molecule has 2 heterocycles. The standard InChI is InChI=1S/C19H26BNO3/c1-12(2)21-16-9-8-15(10-14(16)11-17(21)13(3)22)20-23-18(4,5)19(6,7)24-20/h8-12H,1-7H3. The molecule has 0 spiro atoms. The fourth-order valence-electron chi connectivity index (χ4n) is 3.21. The molecule has 0 atom stereocenters. The van der Waals surface area contributed by atoms with Crippen LogP contribution in [0.5, 0.6) is 0 Å². The Balaban J connectivity index is 2.06. The predicted octanol–water partition coefficient (Wildman–Crippen LogP) is 3.72. The molecule has 4 nitrogen and oxygen atoms in total. The van der Waals surface area contributed by atoms with Gasteiger partial charge in [0.25, 0.3) is 0 Å². The molecule has 1 aliphatic rings. The summed E-state index contributed by atoms with van der Waals surface area (Å²) in [6.07, 6.45) is 0. The average Bonchev–Trinajstić information content (AvgIpc) is 2.93. The van der Waals surface area contributed by atoms with Crippen LogP contribution < -0.4 is 5.46 Å². The summed E-state index contributed by atoms with van der Waals surface area (Å²) in [5, 5.41) is 1.04. The second-order valence-electron chi connectivity index (χ2n) is 7.96. The topological polar surface area (TPSA) is 40.5 Å². The first-order valence-corrected chi connectivity index (χ1v) is 8.55. The fraction of sp³-hybridized carbons (Fsp3) is 0.526. The zero-order valence-electron chi connectivity index (χ0n) is 15.6. The van der Waals surface area contributed by atoms with E-state index < -0.39 is 0 Å². The quantitative estimate of drug-likeness (QED) is 0.637. The van der Waals surface area contributed by atoms with Crippen LogP contribution in [0.15, 0.2) is 24.3 Å². The number of ketones is 1. The van der Waals surface area contributed by atoms with Crippen LogP contribution in [0.25, 0.3) is 10.9 Å². The second kappa shape index (κ2) is 5.46. The van der Waals surface area contributed by atoms with Gasteiger partial charge in [0.05, 0.1) is 16.9 Å². The number of aromatic nitrogens is 1. The molecule has 1 aromatic carbocycles. The van der Waals surface area contributed by atoms with Crippen molar-refractivity contribution in [1.29, 1.82) is 0 Å². The normalized spacial score (nSPS) is 19.4. The maximum atomic E-state index is 12.0. The molecule has 0 radical (unpaired) electrons. The third-order valence-electron chi connectivity index (χ3n) is 5.27. The molecular formula is C19H26BNO3. The summed E-state index contributed by atoms with van der Waals surface area (Å²) in [6, 6.07) is 8.36. The third kappa shape index (κ3) is 2.60. The van der Waals surface area contributed by atoms with Gasteiger partial charge in [-0.1, -0.05) is 12.1 Å². The monoisotopic (exact) mass is 327 g/mol. The van der Waals surface area contributed by atoms with Gasteiger partial charge in [0.1, 0.15) is 0 Å². The SMILES string of the molecule is CC(=O)c1cc2cc(B3OC(C)(C)C(C)(C)O3)ccc2n1C(C)C. The zero-order chi connectivity index (χ0) is 17.9. The molecule has 5 heteroatoms. The number of Topliss-reactive ketones (excluding diaryl/α,β-unsaturated/α-hetero) is 1. The highest BCUT2D eigenvalue weighted by Gasteiger charge is 2.51. The van der Waals surface area contributed by atoms with Crippen molar-refractivity contribution < 1.29 is 14.1 Å². The maximum absolute atomic E-state index is 12.0. The Morgan fingerprint density at radius 1 is 1.08 bits per heavy atom. The summed E-state index contributed by atoms with van der Waals surface area (Å²) in [6.45, 7) is 14.0. The maximum Gasteiger partial charge on any atom is 0.494 e. The van der Waals surface area contributed by atoms with Crippen molar-refractivity contribution in [3.05, 3.63) is 30.0 Å². The van der Waals surface area contributed by atoms with E-state index >= 15 is 0 Å². The van der Waals surface area contributed by atoms with Crippen LogP contribution >= 0.6 is 0 Å². The highest BCUT2D eigenvalue weighted by atomic mass is 16.7. The molecule has 1 aliphatic heterocycles. The van der Waals surface area contributed by atoms with Crippen molar-refractivity contribution in [1.82, 2.24) is 4.57 Å². The molecule has 3 rings (SSSR count). The van der Waals surface area contributed by atoms with Crippen LogP contribution in [0.3, 0.4) is 0 Å². The number of carbonyl (C=O) groups excluding carboxylic acids is 1. The summed E-state index contributed by atoms with van der Waals surface area (Å²) < 4.78 is 14.4. The van der Waals surface area contributed by atoms with E-state index in [2.05, 4.69) is 58.2 Å². The van der Waals surface area contributed by atoms with Gasteiger partial charge in [0.15, 0.2) is 5.78 Å². The molecule has 0 bridgehead atoms. The zero-order valence-corrected chi connectivity index (χ0v) is 15.6. The van der Waals surface area contributed by atoms with Crippen LogP contribution in [0.4, 0.5) is 0 Å². The van der Waals surface area contributed by atoms with E-state index in [1.165, 1.54) is 0 Å². The number of carbonyl (C=O) groups is 1. The Morgan fingerprint density at radius 2 is 1.67 bits per heavy atom. The number of fused-ring (bicyclic) bond motifs is 1. The molecule has 128 valence electrons. The van der Waals surface area contributed by atoms with E-state index in [1.54, 1.807) is 6.92 Å². The van der Waals surface area contributed by atoms with E-state index in [0.717, 1.165) is 22.1 Å². The number of benzene rings is 1. The van der Waals surface area contributed by atoms with Gasteiger partial charge in [-0.3, -0.25) is 4.79 Å². The highest BCUT2D eigenvalue weighted by molar-refractivity contribution is 6.62. The highest BCUT2D eigenvalue weighted by Crippen LogP contribution is 2.36. The molecule has 24 heavy (non-hydrogen) atoms. The molecule has 0 unspecified atom stereocenters. The van der Waals surface area contributed by atoms with Crippen molar-refractivity contribution in [2.45, 2.75) is 65.7 Å². The molecule has 0 N–H and O–H groups in total. The lowest BCUT2D eigenvalue weighted by atomic mass is 9.78. The largest absolute Gasteiger partial charge is 0.494 e. The van der Waals surface area contributed by atoms with E-state index in [-0.39, 0.29) is 30.1 Å². The average molecular weight is 327 g/mol. The molecule has 0 aliphatic carbocycles. The van der Waals surface area contributed by atoms with Crippen LogP contribution in [0, 0.1) is 0 Å². The molecule has 1 aromatic heterocycles. The molecule has 2 aromatic rings. The van der Waals surface area contributed by atoms with Crippen molar-refractivity contribution in [3.63, 3.8) is 0 Å². The van der Waals surface area contributed by atoms with Crippen LogP contribution in [-0.2, 0) is 9.31 Å². The van der Waals surface area contributed by atoms with E-state index in [4.69, 9.17) is 9.31 Å². The number of rotatable bonds is 3. The van der Waals surface area contributed by atoms with Crippen molar-refractivity contribution in [2.75, 3.05) is 0 Å². The predicted molar refractivity (Wildman–Crippen MR) is 98.0 cm³/mol. The Bertz CT molecular complexity index is 788. The molecule has 1 saturated heterocycles. The molecule has 0 amide bonds. The number of hydrogen-bond acceptors (Lipinski definition) is 3. The van der Waals surface area contributed by atoms with Gasteiger partial charge in [0, 0.05) is 23.9 Å². The van der Waals surface area contributed by atoms with E-state index in [0.29, 0.717) is 0 Å². The van der Waals surface area contributed by atoms with Crippen LogP contribution in [0.1, 0.15) is 65.0 Å². The Labute approximate surface area is 144 Å². The fourth-order valence-corrected chi connectivity index (χ4v) is 3.21. The first kappa shape index (κ1) is 17.2. The number of hydrogen-bond donors (Lipinski definition) is 0. The van der Waals surface area contributed by atoms with Gasteiger partial charge in [0.2, 0.25) is 0 Å². The summed E-state index contributed by atoms with van der Waals surface area (Å²) >= 11 is 0. The second-order valence-corrected chi connectivity index (χ2v) is 7.96. The molecule has 1 fully saturated rings. The Hall–Kier alpha value is -1.59. The van der Waals surface area contributed by atoms with Crippen LogP contribution in [0.2, 0.25) is 0 Å². The van der Waals surface area contributed by atoms with E-state index in [1.807, 2.05) is 12.1 Å². The summed E-state index contributed by atoms with van der Waals surface area (Å²) in [4.78, 5) is 12.0. The molecule has 0 saturated carbocycles. The summed E-state index contributed by atoms with van der Waals surface area (Å²) in [7, 11) is -0.387. The Kier molecular flexibility index (Phi) is 3.93. The molecular weight excluding hydrogens is 301 g/mol. The lowest BCUT2D eigenvalue weighted by molar-refractivity contribution is 0.00578. The van der Waals surface area contributed by atoms with Gasteiger partial charge in [-0.25, -0.2) is 0 Å². The number of nitrogens with zero attached hydrogens (tertiary/aromatic N) is 1. The first-order valence-electron chi connectivity index (χ1n) is 8.55. The van der Waals surface area contributed by atoms with Crippen LogP contribution in [-0.4, -0.2) is 28.7 Å². The van der Waals surface area contributed by atoms with Gasteiger partial charge in [-0.15, -0.1) is 0 Å². The lowest BCUT2D eigenvalue weighted by Gasteiger charge is -2.32. The Morgan fingerprint density at radius 3 is 2.17 bits per heavy atom. The smallest absolute Gasteiger partial charge is 0.399 e. The van der Waals surface area contributed by atoms with Crippen molar-refractivity contribution >= 4 is 29.3 Å². The minimum absolute atomic E-state index is 0.0806. The third-order valence-corrected chi connectivity index (χ3v) is 5.27. The first-order chi connectivity index (χ1) is 11.0. The van der Waals surface area contributed by atoms with Gasteiger partial charge < -0.3 is 13.9 Å². The van der Waals surface area contributed by atoms with Gasteiger partial charge in [-0.05, 0) is 59.1 Å². The van der Waals surface area contributed by atoms with Gasteiger partial charge >= 0.3 is 7.12 Å². The lowest BCUT2D eigenvalue weighted by Crippen LogP contribution is -2.41. The van der Waals surface area contributed by atoms with Crippen molar-refractivity contribution in [3.8, 4) is 0 Å². The summed E-state index contributed by atoms with van der Waals surface area (Å²) in [5.74, 6) is 0.0806. The minimum Gasteiger partial charge on any atom is -0.399 e. The van der Waals surface area contributed by atoms with Crippen molar-refractivity contribution in [2.24, 2.45) is 0 Å². The van der Waals surface area contributed by atoms with E-state index in [9.17, 15) is 4.79 Å². The van der Waals surface area contributed by atoms with Gasteiger partial charge in [-0.2, -0.15) is 0 Å². The minimum atomic E-state index is -0.387.